The standard InChI is InChI=1S/C15H10F4N2O3/c16-12-5-4-11(21(23)24)8-13(12)20-14(22)7-9-2-1-3-10(6-9)15(17,18)19/h1-6,8H,7H2,(H,20,22). The Labute approximate surface area is 133 Å². The van der Waals surface area contributed by atoms with Crippen LogP contribution in [-0.4, -0.2) is 10.8 Å². The van der Waals surface area contributed by atoms with Crippen molar-refractivity contribution in [1.82, 2.24) is 0 Å². The van der Waals surface area contributed by atoms with Crippen LogP contribution in [0.5, 0.6) is 0 Å². The lowest BCUT2D eigenvalue weighted by molar-refractivity contribution is -0.384. The van der Waals surface area contributed by atoms with E-state index in [9.17, 15) is 32.5 Å². The van der Waals surface area contributed by atoms with Crippen LogP contribution < -0.4 is 5.32 Å². The lowest BCUT2D eigenvalue weighted by Gasteiger charge is -2.09. The minimum atomic E-state index is -4.54. The normalized spacial score (nSPS) is 11.2. The van der Waals surface area contributed by atoms with E-state index in [1.165, 1.54) is 6.07 Å². The molecule has 126 valence electrons. The monoisotopic (exact) mass is 342 g/mol. The zero-order chi connectivity index (χ0) is 17.9. The topological polar surface area (TPSA) is 72.2 Å². The Morgan fingerprint density at radius 2 is 1.88 bits per heavy atom. The molecule has 1 N–H and O–H groups in total. The van der Waals surface area contributed by atoms with Crippen molar-refractivity contribution in [3.8, 4) is 0 Å². The maximum atomic E-state index is 13.6. The molecule has 24 heavy (non-hydrogen) atoms. The average molecular weight is 342 g/mol. The number of nitrogens with one attached hydrogen (secondary N) is 1. The van der Waals surface area contributed by atoms with E-state index in [0.717, 1.165) is 36.4 Å². The van der Waals surface area contributed by atoms with Crippen LogP contribution in [0.1, 0.15) is 11.1 Å². The van der Waals surface area contributed by atoms with Crippen LogP contribution in [0.25, 0.3) is 0 Å². The lowest BCUT2D eigenvalue weighted by atomic mass is 10.1. The summed E-state index contributed by atoms with van der Waals surface area (Å²) in [6.45, 7) is 0. The second kappa shape index (κ2) is 6.65. The maximum absolute atomic E-state index is 13.6. The Balaban J connectivity index is 2.14. The van der Waals surface area contributed by atoms with Crippen LogP contribution >= 0.6 is 0 Å². The number of hydrogen-bond donors (Lipinski definition) is 1. The highest BCUT2D eigenvalue weighted by molar-refractivity contribution is 5.92. The Kier molecular flexibility index (Phi) is 4.82. The van der Waals surface area contributed by atoms with Crippen LogP contribution in [-0.2, 0) is 17.4 Å². The third kappa shape index (κ3) is 4.28. The molecule has 2 aromatic rings. The molecule has 0 atom stereocenters. The number of benzene rings is 2. The van der Waals surface area contributed by atoms with Crippen molar-refractivity contribution in [2.45, 2.75) is 12.6 Å². The maximum Gasteiger partial charge on any atom is 0.416 e. The molecule has 2 aromatic carbocycles. The molecule has 0 aliphatic carbocycles. The van der Waals surface area contributed by atoms with Gasteiger partial charge in [-0.2, -0.15) is 13.2 Å². The fourth-order valence-corrected chi connectivity index (χ4v) is 1.96. The molecule has 0 saturated heterocycles. The summed E-state index contributed by atoms with van der Waals surface area (Å²) in [6, 6.07) is 6.72. The predicted octanol–water partition coefficient (Wildman–Crippen LogP) is 3.93. The number of anilines is 1. The minimum Gasteiger partial charge on any atom is -0.323 e. The van der Waals surface area contributed by atoms with E-state index in [4.69, 9.17) is 0 Å². The summed E-state index contributed by atoms with van der Waals surface area (Å²) in [7, 11) is 0. The summed E-state index contributed by atoms with van der Waals surface area (Å²) < 4.78 is 51.4. The van der Waals surface area contributed by atoms with Gasteiger partial charge in [-0.25, -0.2) is 4.39 Å². The smallest absolute Gasteiger partial charge is 0.323 e. The fourth-order valence-electron chi connectivity index (χ4n) is 1.96. The fraction of sp³-hybridized carbons (Fsp3) is 0.133. The van der Waals surface area contributed by atoms with Gasteiger partial charge in [0, 0.05) is 12.1 Å². The molecule has 2 rings (SSSR count). The minimum absolute atomic E-state index is 0.0770. The molecule has 0 radical (unpaired) electrons. The summed E-state index contributed by atoms with van der Waals surface area (Å²) in [5, 5.41) is 12.7. The molecule has 0 heterocycles. The number of nitrogens with zero attached hydrogens (tertiary/aromatic N) is 1. The zero-order valence-electron chi connectivity index (χ0n) is 11.9. The number of nitro benzene ring substituents is 1. The summed E-state index contributed by atoms with van der Waals surface area (Å²) in [5.74, 6) is -1.69. The van der Waals surface area contributed by atoms with Gasteiger partial charge in [0.2, 0.25) is 5.91 Å². The van der Waals surface area contributed by atoms with Gasteiger partial charge in [-0.1, -0.05) is 18.2 Å². The molecular weight excluding hydrogens is 332 g/mol. The molecular formula is C15H10F4N2O3. The molecule has 0 aromatic heterocycles. The summed E-state index contributed by atoms with van der Waals surface area (Å²) >= 11 is 0. The summed E-state index contributed by atoms with van der Waals surface area (Å²) in [4.78, 5) is 21.7. The van der Waals surface area contributed by atoms with Crippen molar-refractivity contribution in [3.63, 3.8) is 0 Å². The van der Waals surface area contributed by atoms with Gasteiger partial charge in [0.1, 0.15) is 5.82 Å². The third-order valence-electron chi connectivity index (χ3n) is 3.05. The van der Waals surface area contributed by atoms with Crippen LogP contribution in [0.4, 0.5) is 28.9 Å². The summed E-state index contributed by atoms with van der Waals surface area (Å²) in [6.07, 6.45) is -4.98. The van der Waals surface area contributed by atoms with Crippen molar-refractivity contribution in [1.29, 1.82) is 0 Å². The SMILES string of the molecule is O=C(Cc1cccc(C(F)(F)F)c1)Nc1cc([N+](=O)[O-])ccc1F. The number of nitro groups is 1. The highest BCUT2D eigenvalue weighted by Crippen LogP contribution is 2.29. The molecule has 0 aliphatic heterocycles. The van der Waals surface area contributed by atoms with Gasteiger partial charge in [-0.3, -0.25) is 14.9 Å². The van der Waals surface area contributed by atoms with Gasteiger partial charge in [0.05, 0.1) is 22.6 Å². The van der Waals surface area contributed by atoms with Crippen LogP contribution in [0, 0.1) is 15.9 Å². The molecule has 0 spiro atoms. The van der Waals surface area contributed by atoms with E-state index in [0.29, 0.717) is 0 Å². The highest BCUT2D eigenvalue weighted by atomic mass is 19.4. The molecule has 5 nitrogen and oxygen atoms in total. The quantitative estimate of drug-likeness (QED) is 0.520. The number of halogens is 4. The number of non-ortho nitro benzene ring substituents is 1. The van der Waals surface area contributed by atoms with E-state index < -0.39 is 46.2 Å². The molecule has 0 aliphatic rings. The van der Waals surface area contributed by atoms with Crippen molar-refractivity contribution >= 4 is 17.3 Å². The number of carbonyl (C=O) groups is 1. The van der Waals surface area contributed by atoms with E-state index in [1.807, 2.05) is 0 Å². The van der Waals surface area contributed by atoms with Crippen molar-refractivity contribution < 1.29 is 27.3 Å². The number of rotatable bonds is 4. The molecule has 1 amide bonds. The van der Waals surface area contributed by atoms with Crippen LogP contribution in [0.2, 0.25) is 0 Å². The van der Waals surface area contributed by atoms with Crippen LogP contribution in [0.15, 0.2) is 42.5 Å². The van der Waals surface area contributed by atoms with Gasteiger partial charge >= 0.3 is 6.18 Å². The van der Waals surface area contributed by atoms with Crippen LogP contribution in [0.3, 0.4) is 0 Å². The van der Waals surface area contributed by atoms with Crippen molar-refractivity contribution in [2.24, 2.45) is 0 Å². The molecule has 0 saturated carbocycles. The highest BCUT2D eigenvalue weighted by Gasteiger charge is 2.30. The lowest BCUT2D eigenvalue weighted by Crippen LogP contribution is -2.16. The van der Waals surface area contributed by atoms with Gasteiger partial charge in [0.25, 0.3) is 5.69 Å². The first-order chi connectivity index (χ1) is 11.2. The molecule has 0 unspecified atom stereocenters. The second-order valence-corrected chi connectivity index (χ2v) is 4.84. The first kappa shape index (κ1) is 17.4. The van der Waals surface area contributed by atoms with Gasteiger partial charge < -0.3 is 5.32 Å². The molecule has 0 fully saturated rings. The first-order valence-corrected chi connectivity index (χ1v) is 6.57. The van der Waals surface area contributed by atoms with E-state index in [2.05, 4.69) is 5.32 Å². The summed E-state index contributed by atoms with van der Waals surface area (Å²) in [5.41, 5.74) is -1.67. The van der Waals surface area contributed by atoms with E-state index in [1.54, 1.807) is 0 Å². The zero-order valence-corrected chi connectivity index (χ0v) is 11.9. The predicted molar refractivity (Wildman–Crippen MR) is 76.8 cm³/mol. The number of amides is 1. The van der Waals surface area contributed by atoms with Gasteiger partial charge in [0.15, 0.2) is 0 Å². The van der Waals surface area contributed by atoms with Gasteiger partial charge in [-0.15, -0.1) is 0 Å². The van der Waals surface area contributed by atoms with E-state index in [-0.39, 0.29) is 5.56 Å². The number of alkyl halides is 3. The van der Waals surface area contributed by atoms with Crippen molar-refractivity contribution in [3.05, 3.63) is 69.5 Å². The first-order valence-electron chi connectivity index (χ1n) is 6.57. The van der Waals surface area contributed by atoms with Gasteiger partial charge in [-0.05, 0) is 17.7 Å². The average Bonchev–Trinajstić information content (AvgIpc) is 2.48. The second-order valence-electron chi connectivity index (χ2n) is 4.84. The molecule has 9 heteroatoms. The Morgan fingerprint density at radius 1 is 1.17 bits per heavy atom. The van der Waals surface area contributed by atoms with E-state index >= 15 is 0 Å². The molecule has 0 bridgehead atoms. The Bertz CT molecular complexity index is 791. The van der Waals surface area contributed by atoms with Crippen molar-refractivity contribution in [2.75, 3.05) is 5.32 Å². The largest absolute Gasteiger partial charge is 0.416 e. The number of carbonyl (C=O) groups excluding carboxylic acids is 1. The third-order valence-corrected chi connectivity index (χ3v) is 3.05. The number of hydrogen-bond acceptors (Lipinski definition) is 3. The Hall–Kier alpha value is -2.97. The Morgan fingerprint density at radius 3 is 2.50 bits per heavy atom.